The molecule has 1 N–H and O–H groups in total. The van der Waals surface area contributed by atoms with Crippen LogP contribution in [-0.2, 0) is 0 Å². The van der Waals surface area contributed by atoms with Gasteiger partial charge >= 0.3 is 0 Å². The van der Waals surface area contributed by atoms with Gasteiger partial charge in [0, 0.05) is 22.2 Å². The van der Waals surface area contributed by atoms with Crippen molar-refractivity contribution < 1.29 is 0 Å². The number of rotatable bonds is 6. The molecule has 1 aromatic heterocycles. The van der Waals surface area contributed by atoms with Crippen molar-refractivity contribution in [1.29, 1.82) is 0 Å². The van der Waals surface area contributed by atoms with Crippen LogP contribution < -0.4 is 5.32 Å². The highest BCUT2D eigenvalue weighted by molar-refractivity contribution is 7.07. The fourth-order valence-corrected chi connectivity index (χ4v) is 3.98. The first-order valence-electron chi connectivity index (χ1n) is 7.22. The zero-order chi connectivity index (χ0) is 13.8. The molecule has 0 bridgehead atoms. The summed E-state index contributed by atoms with van der Waals surface area (Å²) in [4.78, 5) is 1.43. The maximum atomic E-state index is 4.60. The second-order valence-electron chi connectivity index (χ2n) is 5.58. The number of nitrogens with one attached hydrogen (secondary N) is 1. The second-order valence-corrected chi connectivity index (χ2v) is 6.38. The lowest BCUT2D eigenvalue weighted by Gasteiger charge is -2.27. The summed E-state index contributed by atoms with van der Waals surface area (Å²) in [7, 11) is 0. The maximum Gasteiger partial charge on any atom is 0.0843 e. The standard InChI is InChI=1S/C16H24N2S/c1-5-10-17-12(4)15(11(2)3)16-13-8-6-7-9-14(13)18-19-16/h6-9,11-12,15,17H,5,10H2,1-4H3. The van der Waals surface area contributed by atoms with Crippen molar-refractivity contribution >= 4 is 22.4 Å². The van der Waals surface area contributed by atoms with E-state index in [-0.39, 0.29) is 0 Å². The highest BCUT2D eigenvalue weighted by Crippen LogP contribution is 2.36. The van der Waals surface area contributed by atoms with E-state index in [9.17, 15) is 0 Å². The van der Waals surface area contributed by atoms with E-state index in [2.05, 4.69) is 61.7 Å². The molecule has 0 aliphatic carbocycles. The predicted octanol–water partition coefficient (Wildman–Crippen LogP) is 4.42. The molecular weight excluding hydrogens is 252 g/mol. The Bertz CT molecular complexity index is 518. The second kappa shape index (κ2) is 6.49. The van der Waals surface area contributed by atoms with Crippen molar-refractivity contribution in [3.8, 4) is 0 Å². The minimum Gasteiger partial charge on any atom is -0.314 e. The fourth-order valence-electron chi connectivity index (χ4n) is 2.76. The van der Waals surface area contributed by atoms with Crippen LogP contribution in [0.5, 0.6) is 0 Å². The van der Waals surface area contributed by atoms with Crippen molar-refractivity contribution in [1.82, 2.24) is 9.69 Å². The van der Waals surface area contributed by atoms with Gasteiger partial charge in [0.1, 0.15) is 0 Å². The van der Waals surface area contributed by atoms with Crippen molar-refractivity contribution in [2.24, 2.45) is 5.92 Å². The van der Waals surface area contributed by atoms with Crippen LogP contribution in [0.2, 0.25) is 0 Å². The van der Waals surface area contributed by atoms with E-state index in [1.165, 1.54) is 16.7 Å². The predicted molar refractivity (Wildman–Crippen MR) is 85.0 cm³/mol. The van der Waals surface area contributed by atoms with Gasteiger partial charge < -0.3 is 5.32 Å². The third kappa shape index (κ3) is 3.15. The molecule has 3 heteroatoms. The molecule has 2 nitrogen and oxygen atoms in total. The summed E-state index contributed by atoms with van der Waals surface area (Å²) in [6, 6.07) is 8.98. The molecule has 0 radical (unpaired) electrons. The molecule has 0 spiro atoms. The highest BCUT2D eigenvalue weighted by Gasteiger charge is 2.26. The molecule has 1 heterocycles. The molecule has 104 valence electrons. The minimum absolute atomic E-state index is 0.490. The average molecular weight is 276 g/mol. The van der Waals surface area contributed by atoms with Crippen LogP contribution in [0.1, 0.15) is 44.9 Å². The van der Waals surface area contributed by atoms with Crippen LogP contribution in [0.4, 0.5) is 0 Å². The summed E-state index contributed by atoms with van der Waals surface area (Å²) in [5, 5.41) is 4.98. The monoisotopic (exact) mass is 276 g/mol. The molecule has 2 rings (SSSR count). The normalized spacial score (nSPS) is 15.0. The van der Waals surface area contributed by atoms with E-state index >= 15 is 0 Å². The Labute approximate surface area is 120 Å². The summed E-state index contributed by atoms with van der Waals surface area (Å²) in [6.07, 6.45) is 1.18. The Kier molecular flexibility index (Phi) is 4.94. The molecule has 2 aromatic rings. The molecule has 0 saturated carbocycles. The number of hydrogen-bond acceptors (Lipinski definition) is 3. The quantitative estimate of drug-likeness (QED) is 0.844. The van der Waals surface area contributed by atoms with Gasteiger partial charge in [0.2, 0.25) is 0 Å². The number of benzene rings is 1. The zero-order valence-corrected chi connectivity index (χ0v) is 13.1. The van der Waals surface area contributed by atoms with Crippen LogP contribution in [0, 0.1) is 5.92 Å². The molecular formula is C16H24N2S. The smallest absolute Gasteiger partial charge is 0.0843 e. The fraction of sp³-hybridized carbons (Fsp3) is 0.562. The van der Waals surface area contributed by atoms with Gasteiger partial charge in [0.25, 0.3) is 0 Å². The Morgan fingerprint density at radius 3 is 2.63 bits per heavy atom. The Hall–Kier alpha value is -0.930. The van der Waals surface area contributed by atoms with E-state index in [0.29, 0.717) is 17.9 Å². The topological polar surface area (TPSA) is 24.9 Å². The van der Waals surface area contributed by atoms with E-state index in [1.54, 1.807) is 11.5 Å². The molecule has 0 saturated heterocycles. The molecule has 0 fully saturated rings. The number of aromatic nitrogens is 1. The zero-order valence-electron chi connectivity index (χ0n) is 12.3. The van der Waals surface area contributed by atoms with Crippen LogP contribution in [-0.4, -0.2) is 17.0 Å². The van der Waals surface area contributed by atoms with Gasteiger partial charge in [0.05, 0.1) is 5.52 Å². The number of fused-ring (bicyclic) bond motifs is 1. The molecule has 2 atom stereocenters. The summed E-state index contributed by atoms with van der Waals surface area (Å²) in [5.74, 6) is 1.15. The maximum absolute atomic E-state index is 4.60. The Balaban J connectivity index is 2.33. The molecule has 0 aliphatic rings. The highest BCUT2D eigenvalue weighted by atomic mass is 32.1. The van der Waals surface area contributed by atoms with Crippen LogP contribution in [0.3, 0.4) is 0 Å². The van der Waals surface area contributed by atoms with Gasteiger partial charge in [-0.25, -0.2) is 0 Å². The molecule has 1 aromatic carbocycles. The van der Waals surface area contributed by atoms with Gasteiger partial charge in [-0.2, -0.15) is 4.37 Å². The lowest BCUT2D eigenvalue weighted by molar-refractivity contribution is 0.384. The van der Waals surface area contributed by atoms with E-state index < -0.39 is 0 Å². The number of nitrogens with zero attached hydrogens (tertiary/aromatic N) is 1. The van der Waals surface area contributed by atoms with Gasteiger partial charge in [-0.05, 0) is 43.4 Å². The minimum atomic E-state index is 0.490. The third-order valence-electron chi connectivity index (χ3n) is 3.69. The number of hydrogen-bond donors (Lipinski definition) is 1. The largest absolute Gasteiger partial charge is 0.314 e. The van der Waals surface area contributed by atoms with Crippen molar-refractivity contribution in [2.45, 2.75) is 46.1 Å². The van der Waals surface area contributed by atoms with E-state index in [4.69, 9.17) is 0 Å². The molecule has 19 heavy (non-hydrogen) atoms. The summed E-state index contributed by atoms with van der Waals surface area (Å²) in [6.45, 7) is 10.2. The molecule has 2 unspecified atom stereocenters. The third-order valence-corrected chi connectivity index (χ3v) is 4.66. The van der Waals surface area contributed by atoms with Crippen molar-refractivity contribution in [3.05, 3.63) is 29.1 Å². The van der Waals surface area contributed by atoms with Crippen LogP contribution in [0.25, 0.3) is 10.9 Å². The van der Waals surface area contributed by atoms with Crippen LogP contribution in [0.15, 0.2) is 24.3 Å². The van der Waals surface area contributed by atoms with E-state index in [1.807, 2.05) is 0 Å². The first-order chi connectivity index (χ1) is 9.15. The molecule has 0 amide bonds. The first kappa shape index (κ1) is 14.5. The lowest BCUT2D eigenvalue weighted by Crippen LogP contribution is -2.34. The SMILES string of the molecule is CCCNC(C)C(c1snc2ccccc12)C(C)C. The van der Waals surface area contributed by atoms with Crippen molar-refractivity contribution in [2.75, 3.05) is 6.54 Å². The Morgan fingerprint density at radius 2 is 1.95 bits per heavy atom. The molecule has 0 aliphatic heterocycles. The van der Waals surface area contributed by atoms with E-state index in [0.717, 1.165) is 12.1 Å². The van der Waals surface area contributed by atoms with Crippen LogP contribution >= 0.6 is 11.5 Å². The summed E-state index contributed by atoms with van der Waals surface area (Å²) >= 11 is 1.67. The lowest BCUT2D eigenvalue weighted by atomic mass is 9.86. The Morgan fingerprint density at radius 1 is 1.21 bits per heavy atom. The summed E-state index contributed by atoms with van der Waals surface area (Å²) < 4.78 is 4.60. The van der Waals surface area contributed by atoms with Gasteiger partial charge in [-0.15, -0.1) is 0 Å². The van der Waals surface area contributed by atoms with Gasteiger partial charge in [0.15, 0.2) is 0 Å². The van der Waals surface area contributed by atoms with Gasteiger partial charge in [-0.1, -0.05) is 39.0 Å². The summed E-state index contributed by atoms with van der Waals surface area (Å²) in [5.41, 5.74) is 1.14. The average Bonchev–Trinajstić information content (AvgIpc) is 2.80. The van der Waals surface area contributed by atoms with Gasteiger partial charge in [-0.3, -0.25) is 0 Å². The van der Waals surface area contributed by atoms with Crippen molar-refractivity contribution in [3.63, 3.8) is 0 Å². The first-order valence-corrected chi connectivity index (χ1v) is 8.00.